The second kappa shape index (κ2) is 8.76. The van der Waals surface area contributed by atoms with E-state index in [1.54, 1.807) is 11.8 Å². The predicted molar refractivity (Wildman–Crippen MR) is 106 cm³/mol. The van der Waals surface area contributed by atoms with Crippen LogP contribution in [-0.4, -0.2) is 37.7 Å². The Morgan fingerprint density at radius 2 is 1.81 bits per heavy atom. The number of carbonyl (C=O) groups excluding carboxylic acids is 2. The molecule has 3 rings (SSSR count). The fraction of sp³-hybridized carbons (Fsp3) is 0.300. The molecule has 2 N–H and O–H groups in total. The van der Waals surface area contributed by atoms with Gasteiger partial charge in [-0.15, -0.1) is 0 Å². The molecule has 26 heavy (non-hydrogen) atoms. The third kappa shape index (κ3) is 4.79. The number of piperazine rings is 1. The standard InChI is InChI=1S/C20H23N3O2S/c1-26-14-16-2-6-17(7-3-16)20(25)22-12-15-4-8-18(9-5-15)23-11-10-21-19(24)13-23/h2-9H,10-14H2,1H3,(H,21,24)(H,22,25). The van der Waals surface area contributed by atoms with Crippen molar-refractivity contribution in [2.24, 2.45) is 0 Å². The Hall–Kier alpha value is -2.47. The molecular weight excluding hydrogens is 346 g/mol. The topological polar surface area (TPSA) is 61.4 Å². The van der Waals surface area contributed by atoms with E-state index in [1.807, 2.05) is 48.5 Å². The Bertz CT molecular complexity index is 760. The fourth-order valence-electron chi connectivity index (χ4n) is 2.89. The molecule has 1 heterocycles. The van der Waals surface area contributed by atoms with Crippen LogP contribution < -0.4 is 15.5 Å². The van der Waals surface area contributed by atoms with Gasteiger partial charge in [0.2, 0.25) is 5.91 Å². The van der Waals surface area contributed by atoms with Gasteiger partial charge in [0.15, 0.2) is 0 Å². The molecule has 0 aromatic heterocycles. The van der Waals surface area contributed by atoms with E-state index in [4.69, 9.17) is 0 Å². The Morgan fingerprint density at radius 1 is 1.12 bits per heavy atom. The minimum atomic E-state index is -0.0718. The summed E-state index contributed by atoms with van der Waals surface area (Å²) in [4.78, 5) is 25.8. The maximum Gasteiger partial charge on any atom is 0.251 e. The third-order valence-electron chi connectivity index (χ3n) is 4.32. The van der Waals surface area contributed by atoms with Crippen molar-refractivity contribution >= 4 is 29.3 Å². The first kappa shape index (κ1) is 18.3. The number of rotatable bonds is 6. The van der Waals surface area contributed by atoms with E-state index < -0.39 is 0 Å². The monoisotopic (exact) mass is 369 g/mol. The fourth-order valence-corrected chi connectivity index (χ4v) is 3.41. The van der Waals surface area contributed by atoms with Gasteiger partial charge in [-0.05, 0) is 41.6 Å². The lowest BCUT2D eigenvalue weighted by Crippen LogP contribution is -2.47. The van der Waals surface area contributed by atoms with Gasteiger partial charge in [0.1, 0.15) is 0 Å². The van der Waals surface area contributed by atoms with E-state index in [-0.39, 0.29) is 11.8 Å². The maximum atomic E-state index is 12.3. The van der Waals surface area contributed by atoms with Crippen LogP contribution in [0.3, 0.4) is 0 Å². The smallest absolute Gasteiger partial charge is 0.251 e. The van der Waals surface area contributed by atoms with Crippen LogP contribution in [0.25, 0.3) is 0 Å². The minimum absolute atomic E-state index is 0.0520. The summed E-state index contributed by atoms with van der Waals surface area (Å²) < 4.78 is 0. The number of benzene rings is 2. The van der Waals surface area contributed by atoms with Gasteiger partial charge in [0.25, 0.3) is 5.91 Å². The van der Waals surface area contributed by atoms with Gasteiger partial charge in [0, 0.05) is 36.6 Å². The van der Waals surface area contributed by atoms with Crippen LogP contribution >= 0.6 is 11.8 Å². The van der Waals surface area contributed by atoms with Gasteiger partial charge in [-0.2, -0.15) is 11.8 Å². The first-order valence-electron chi connectivity index (χ1n) is 8.62. The van der Waals surface area contributed by atoms with Crippen LogP contribution in [0.2, 0.25) is 0 Å². The first-order valence-corrected chi connectivity index (χ1v) is 10.0. The van der Waals surface area contributed by atoms with E-state index in [9.17, 15) is 9.59 Å². The van der Waals surface area contributed by atoms with Crippen molar-refractivity contribution < 1.29 is 9.59 Å². The zero-order valence-electron chi connectivity index (χ0n) is 14.8. The Kier molecular flexibility index (Phi) is 6.17. The summed E-state index contributed by atoms with van der Waals surface area (Å²) in [5.41, 5.74) is 3.95. The zero-order valence-corrected chi connectivity index (χ0v) is 15.6. The van der Waals surface area contributed by atoms with Gasteiger partial charge >= 0.3 is 0 Å². The molecule has 0 radical (unpaired) electrons. The summed E-state index contributed by atoms with van der Waals surface area (Å²) in [6.07, 6.45) is 2.06. The molecule has 1 aliphatic rings. The number of hydrogen-bond donors (Lipinski definition) is 2. The quantitative estimate of drug-likeness (QED) is 0.821. The molecule has 0 atom stereocenters. The van der Waals surface area contributed by atoms with Gasteiger partial charge in [-0.25, -0.2) is 0 Å². The number of anilines is 1. The molecule has 0 aliphatic carbocycles. The average Bonchev–Trinajstić information content (AvgIpc) is 2.67. The van der Waals surface area contributed by atoms with Crippen LogP contribution in [-0.2, 0) is 17.1 Å². The molecule has 136 valence electrons. The van der Waals surface area contributed by atoms with Gasteiger partial charge in [-0.3, -0.25) is 9.59 Å². The Labute approximate surface area is 158 Å². The molecule has 2 aromatic carbocycles. The molecule has 1 fully saturated rings. The second-order valence-electron chi connectivity index (χ2n) is 6.25. The highest BCUT2D eigenvalue weighted by molar-refractivity contribution is 7.97. The van der Waals surface area contributed by atoms with Crippen LogP contribution in [0.1, 0.15) is 21.5 Å². The van der Waals surface area contributed by atoms with Crippen LogP contribution in [0, 0.1) is 0 Å². The molecule has 1 saturated heterocycles. The van der Waals surface area contributed by atoms with Crippen molar-refractivity contribution in [2.75, 3.05) is 30.8 Å². The van der Waals surface area contributed by atoms with Crippen LogP contribution in [0.5, 0.6) is 0 Å². The molecule has 0 unspecified atom stereocenters. The van der Waals surface area contributed by atoms with Crippen molar-refractivity contribution in [1.29, 1.82) is 0 Å². The zero-order chi connectivity index (χ0) is 18.4. The molecule has 0 bridgehead atoms. The lowest BCUT2D eigenvalue weighted by molar-refractivity contribution is -0.120. The third-order valence-corrected chi connectivity index (χ3v) is 4.94. The SMILES string of the molecule is CSCc1ccc(C(=O)NCc2ccc(N3CCNC(=O)C3)cc2)cc1. The molecule has 1 aliphatic heterocycles. The van der Waals surface area contributed by atoms with Crippen LogP contribution in [0.4, 0.5) is 5.69 Å². The van der Waals surface area contributed by atoms with Crippen molar-refractivity contribution in [3.8, 4) is 0 Å². The highest BCUT2D eigenvalue weighted by atomic mass is 32.2. The normalized spacial score (nSPS) is 14.0. The van der Waals surface area contributed by atoms with Gasteiger partial charge in [0.05, 0.1) is 6.54 Å². The van der Waals surface area contributed by atoms with Crippen molar-refractivity contribution in [2.45, 2.75) is 12.3 Å². The number of carbonyl (C=O) groups is 2. The van der Waals surface area contributed by atoms with Gasteiger partial charge < -0.3 is 15.5 Å². The number of nitrogens with zero attached hydrogens (tertiary/aromatic N) is 1. The largest absolute Gasteiger partial charge is 0.360 e. The maximum absolute atomic E-state index is 12.3. The average molecular weight is 369 g/mol. The molecule has 5 nitrogen and oxygen atoms in total. The van der Waals surface area contributed by atoms with Crippen molar-refractivity contribution in [3.05, 3.63) is 65.2 Å². The molecule has 0 spiro atoms. The van der Waals surface area contributed by atoms with Crippen LogP contribution in [0.15, 0.2) is 48.5 Å². The van der Waals surface area contributed by atoms with E-state index >= 15 is 0 Å². The van der Waals surface area contributed by atoms with E-state index in [1.165, 1.54) is 5.56 Å². The van der Waals surface area contributed by atoms with Crippen molar-refractivity contribution in [1.82, 2.24) is 10.6 Å². The lowest BCUT2D eigenvalue weighted by Gasteiger charge is -2.28. The van der Waals surface area contributed by atoms with Crippen molar-refractivity contribution in [3.63, 3.8) is 0 Å². The highest BCUT2D eigenvalue weighted by Gasteiger charge is 2.16. The first-order chi connectivity index (χ1) is 12.7. The predicted octanol–water partition coefficient (Wildman–Crippen LogP) is 2.42. The second-order valence-corrected chi connectivity index (χ2v) is 7.12. The summed E-state index contributed by atoms with van der Waals surface area (Å²) in [5, 5.41) is 5.77. The number of nitrogens with one attached hydrogen (secondary N) is 2. The summed E-state index contributed by atoms with van der Waals surface area (Å²) in [5.74, 6) is 0.932. The molecule has 2 aromatic rings. The number of thioether (sulfide) groups is 1. The highest BCUT2D eigenvalue weighted by Crippen LogP contribution is 2.16. The minimum Gasteiger partial charge on any atom is -0.360 e. The molecule has 2 amide bonds. The van der Waals surface area contributed by atoms with E-state index in [0.29, 0.717) is 25.2 Å². The summed E-state index contributed by atoms with van der Waals surface area (Å²) >= 11 is 1.76. The van der Waals surface area contributed by atoms with Gasteiger partial charge in [-0.1, -0.05) is 24.3 Å². The number of hydrogen-bond acceptors (Lipinski definition) is 4. The van der Waals surface area contributed by atoms with E-state index in [2.05, 4.69) is 21.8 Å². The number of amides is 2. The summed E-state index contributed by atoms with van der Waals surface area (Å²) in [6.45, 7) is 2.36. The molecular formula is C20H23N3O2S. The Balaban J connectivity index is 1.54. The molecule has 0 saturated carbocycles. The summed E-state index contributed by atoms with van der Waals surface area (Å²) in [6, 6.07) is 15.7. The molecule has 6 heteroatoms. The summed E-state index contributed by atoms with van der Waals surface area (Å²) in [7, 11) is 0. The Morgan fingerprint density at radius 3 is 2.46 bits per heavy atom. The van der Waals surface area contributed by atoms with E-state index in [0.717, 1.165) is 23.5 Å². The lowest BCUT2D eigenvalue weighted by atomic mass is 10.1.